The number of benzene rings is 1. The Labute approximate surface area is 103 Å². The summed E-state index contributed by atoms with van der Waals surface area (Å²) in [4.78, 5) is 2.02. The third-order valence-corrected chi connectivity index (χ3v) is 3.01. The number of anilines is 1. The van der Waals surface area contributed by atoms with Crippen LogP contribution < -0.4 is 4.90 Å². The van der Waals surface area contributed by atoms with Gasteiger partial charge in [-0.1, -0.05) is 20.8 Å². The molecule has 0 radical (unpaired) electrons. The third kappa shape index (κ3) is 4.35. The number of aliphatic hydroxyl groups excluding tert-OH is 1. The number of rotatable bonds is 4. The van der Waals surface area contributed by atoms with E-state index in [-0.39, 0.29) is 17.3 Å². The van der Waals surface area contributed by atoms with Gasteiger partial charge in [0.25, 0.3) is 0 Å². The Kier molecular flexibility index (Phi) is 4.52. The molecule has 0 bridgehead atoms. The Hall–Kier alpha value is -1.09. The minimum atomic E-state index is -0.328. The van der Waals surface area contributed by atoms with Crippen molar-refractivity contribution in [3.05, 3.63) is 30.1 Å². The van der Waals surface area contributed by atoms with Gasteiger partial charge in [-0.15, -0.1) is 0 Å². The molecule has 96 valence electrons. The molecule has 1 atom stereocenters. The molecule has 0 saturated heterocycles. The molecule has 0 fully saturated rings. The molecule has 0 aliphatic heterocycles. The molecule has 0 saturated carbocycles. The van der Waals surface area contributed by atoms with E-state index in [1.165, 1.54) is 12.1 Å². The molecule has 1 aromatic carbocycles. The summed E-state index contributed by atoms with van der Waals surface area (Å²) in [6, 6.07) is 6.40. The van der Waals surface area contributed by atoms with Gasteiger partial charge in [-0.05, 0) is 36.1 Å². The lowest BCUT2D eigenvalue weighted by molar-refractivity contribution is 0.0576. The van der Waals surface area contributed by atoms with E-state index in [0.717, 1.165) is 12.2 Å². The van der Waals surface area contributed by atoms with Gasteiger partial charge in [-0.25, -0.2) is 4.39 Å². The molecular formula is C14H22FNO. The Morgan fingerprint density at radius 2 is 1.76 bits per heavy atom. The molecule has 1 aromatic rings. The van der Waals surface area contributed by atoms with Crippen LogP contribution in [0.3, 0.4) is 0 Å². The fraction of sp³-hybridized carbons (Fsp3) is 0.571. The maximum atomic E-state index is 12.8. The van der Waals surface area contributed by atoms with Crippen LogP contribution in [0, 0.1) is 11.2 Å². The minimum Gasteiger partial charge on any atom is -0.393 e. The van der Waals surface area contributed by atoms with E-state index in [2.05, 4.69) is 0 Å². The van der Waals surface area contributed by atoms with E-state index in [0.29, 0.717) is 6.42 Å². The lowest BCUT2D eigenvalue weighted by Crippen LogP contribution is -2.31. The van der Waals surface area contributed by atoms with Crippen LogP contribution in [0.1, 0.15) is 27.2 Å². The van der Waals surface area contributed by atoms with E-state index in [1.54, 1.807) is 12.1 Å². The van der Waals surface area contributed by atoms with E-state index >= 15 is 0 Å². The Morgan fingerprint density at radius 3 is 2.24 bits per heavy atom. The largest absolute Gasteiger partial charge is 0.393 e. The van der Waals surface area contributed by atoms with Crippen LogP contribution in [-0.4, -0.2) is 24.8 Å². The SMILES string of the molecule is CN(CCC(O)C(C)(C)C)c1ccc(F)cc1. The first-order valence-corrected chi connectivity index (χ1v) is 5.95. The zero-order valence-electron chi connectivity index (χ0n) is 11.1. The number of hydrogen-bond donors (Lipinski definition) is 1. The van der Waals surface area contributed by atoms with Crippen molar-refractivity contribution >= 4 is 5.69 Å². The molecule has 0 aromatic heterocycles. The van der Waals surface area contributed by atoms with Crippen LogP contribution in [-0.2, 0) is 0 Å². The van der Waals surface area contributed by atoms with Crippen molar-refractivity contribution in [3.63, 3.8) is 0 Å². The molecule has 2 nitrogen and oxygen atoms in total. The quantitative estimate of drug-likeness (QED) is 0.873. The van der Waals surface area contributed by atoms with Crippen LogP contribution >= 0.6 is 0 Å². The Morgan fingerprint density at radius 1 is 1.24 bits per heavy atom. The number of halogens is 1. The summed E-state index contributed by atoms with van der Waals surface area (Å²) in [5.41, 5.74) is 0.872. The smallest absolute Gasteiger partial charge is 0.123 e. The molecule has 0 amide bonds. The predicted octanol–water partition coefficient (Wildman–Crippen LogP) is 3.06. The first-order valence-electron chi connectivity index (χ1n) is 5.95. The van der Waals surface area contributed by atoms with Crippen molar-refractivity contribution in [3.8, 4) is 0 Å². The van der Waals surface area contributed by atoms with E-state index in [4.69, 9.17) is 0 Å². The highest BCUT2D eigenvalue weighted by Gasteiger charge is 2.21. The number of hydrogen-bond acceptors (Lipinski definition) is 2. The van der Waals surface area contributed by atoms with Crippen LogP contribution in [0.25, 0.3) is 0 Å². The number of nitrogens with zero attached hydrogens (tertiary/aromatic N) is 1. The van der Waals surface area contributed by atoms with Crippen LogP contribution in [0.15, 0.2) is 24.3 Å². The van der Waals surface area contributed by atoms with E-state index < -0.39 is 0 Å². The molecule has 0 spiro atoms. The molecule has 0 heterocycles. The molecule has 1 N–H and O–H groups in total. The van der Waals surface area contributed by atoms with Gasteiger partial charge >= 0.3 is 0 Å². The fourth-order valence-electron chi connectivity index (χ4n) is 1.57. The van der Waals surface area contributed by atoms with Gasteiger partial charge in [-0.3, -0.25) is 0 Å². The van der Waals surface area contributed by atoms with Gasteiger partial charge < -0.3 is 10.0 Å². The Balaban J connectivity index is 2.50. The molecular weight excluding hydrogens is 217 g/mol. The van der Waals surface area contributed by atoms with Gasteiger partial charge in [0.1, 0.15) is 5.82 Å². The van der Waals surface area contributed by atoms with Crippen molar-refractivity contribution in [1.82, 2.24) is 0 Å². The lowest BCUT2D eigenvalue weighted by atomic mass is 9.87. The van der Waals surface area contributed by atoms with Crippen LogP contribution in [0.2, 0.25) is 0 Å². The number of aliphatic hydroxyl groups is 1. The highest BCUT2D eigenvalue weighted by atomic mass is 19.1. The van der Waals surface area contributed by atoms with Crippen molar-refractivity contribution in [2.45, 2.75) is 33.3 Å². The second-order valence-corrected chi connectivity index (χ2v) is 5.57. The summed E-state index contributed by atoms with van der Waals surface area (Å²) < 4.78 is 12.8. The summed E-state index contributed by atoms with van der Waals surface area (Å²) >= 11 is 0. The molecule has 17 heavy (non-hydrogen) atoms. The van der Waals surface area contributed by atoms with E-state index in [1.807, 2.05) is 32.7 Å². The van der Waals surface area contributed by atoms with Crippen molar-refractivity contribution in [2.24, 2.45) is 5.41 Å². The van der Waals surface area contributed by atoms with Crippen LogP contribution in [0.4, 0.5) is 10.1 Å². The summed E-state index contributed by atoms with van der Waals surface area (Å²) in [6.45, 7) is 6.82. The summed E-state index contributed by atoms with van der Waals surface area (Å²) in [6.07, 6.45) is 0.377. The lowest BCUT2D eigenvalue weighted by Gasteiger charge is -2.28. The third-order valence-electron chi connectivity index (χ3n) is 3.01. The fourth-order valence-corrected chi connectivity index (χ4v) is 1.57. The first-order chi connectivity index (χ1) is 7.80. The highest BCUT2D eigenvalue weighted by Crippen LogP contribution is 2.22. The molecule has 0 aliphatic rings. The summed E-state index contributed by atoms with van der Waals surface area (Å²) in [7, 11) is 1.95. The second kappa shape index (κ2) is 5.50. The Bertz CT molecular complexity index is 342. The topological polar surface area (TPSA) is 23.5 Å². The van der Waals surface area contributed by atoms with Gasteiger partial charge in [0.2, 0.25) is 0 Å². The normalized spacial score (nSPS) is 13.5. The first kappa shape index (κ1) is 14.0. The average Bonchev–Trinajstić information content (AvgIpc) is 2.25. The zero-order chi connectivity index (χ0) is 13.1. The van der Waals surface area contributed by atoms with Crippen molar-refractivity contribution < 1.29 is 9.50 Å². The average molecular weight is 239 g/mol. The minimum absolute atomic E-state index is 0.0936. The zero-order valence-corrected chi connectivity index (χ0v) is 11.1. The van der Waals surface area contributed by atoms with Gasteiger partial charge in [0, 0.05) is 19.3 Å². The summed E-state index contributed by atoms with van der Waals surface area (Å²) in [5, 5.41) is 9.94. The second-order valence-electron chi connectivity index (χ2n) is 5.57. The van der Waals surface area contributed by atoms with Gasteiger partial charge in [0.15, 0.2) is 0 Å². The van der Waals surface area contributed by atoms with Crippen molar-refractivity contribution in [1.29, 1.82) is 0 Å². The van der Waals surface area contributed by atoms with Crippen LogP contribution in [0.5, 0.6) is 0 Å². The van der Waals surface area contributed by atoms with E-state index in [9.17, 15) is 9.50 Å². The maximum Gasteiger partial charge on any atom is 0.123 e. The summed E-state index contributed by atoms with van der Waals surface area (Å²) in [5.74, 6) is -0.225. The molecule has 0 aliphatic carbocycles. The van der Waals surface area contributed by atoms with Gasteiger partial charge in [-0.2, -0.15) is 0 Å². The molecule has 3 heteroatoms. The predicted molar refractivity (Wildman–Crippen MR) is 69.7 cm³/mol. The van der Waals surface area contributed by atoms with Crippen molar-refractivity contribution in [2.75, 3.05) is 18.5 Å². The monoisotopic (exact) mass is 239 g/mol. The maximum absolute atomic E-state index is 12.8. The van der Waals surface area contributed by atoms with Gasteiger partial charge in [0.05, 0.1) is 6.10 Å². The molecule has 1 unspecified atom stereocenters. The highest BCUT2D eigenvalue weighted by molar-refractivity contribution is 5.45. The molecule has 1 rings (SSSR count). The standard InChI is InChI=1S/C14H22FNO/c1-14(2,3)13(17)9-10-16(4)12-7-5-11(15)6-8-12/h5-8,13,17H,9-10H2,1-4H3.